The summed E-state index contributed by atoms with van der Waals surface area (Å²) in [6, 6.07) is 0. The quantitative estimate of drug-likeness (QED) is 0.614. The summed E-state index contributed by atoms with van der Waals surface area (Å²) in [6.07, 6.45) is 3.21. The Kier molecular flexibility index (Phi) is 3.48. The van der Waals surface area contributed by atoms with Crippen LogP contribution in [0, 0.1) is 5.92 Å². The SMILES string of the molecule is O=S(O)CC1CCC(O)CC1. The van der Waals surface area contributed by atoms with E-state index in [4.69, 9.17) is 9.66 Å². The van der Waals surface area contributed by atoms with E-state index in [0.717, 1.165) is 25.7 Å². The van der Waals surface area contributed by atoms with Crippen molar-refractivity contribution in [2.75, 3.05) is 5.75 Å². The van der Waals surface area contributed by atoms with Gasteiger partial charge in [0.2, 0.25) is 0 Å². The summed E-state index contributed by atoms with van der Waals surface area (Å²) in [5, 5.41) is 9.12. The van der Waals surface area contributed by atoms with Gasteiger partial charge in [0, 0.05) is 0 Å². The zero-order chi connectivity index (χ0) is 8.27. The molecule has 3 nitrogen and oxygen atoms in total. The fourth-order valence-electron chi connectivity index (χ4n) is 1.51. The molecule has 0 spiro atoms. The molecule has 66 valence electrons. The Morgan fingerprint density at radius 2 is 1.82 bits per heavy atom. The van der Waals surface area contributed by atoms with E-state index in [1.54, 1.807) is 0 Å². The van der Waals surface area contributed by atoms with Gasteiger partial charge in [-0.1, -0.05) is 0 Å². The van der Waals surface area contributed by atoms with Gasteiger partial charge in [-0.2, -0.15) is 0 Å². The van der Waals surface area contributed by atoms with Crippen molar-refractivity contribution in [2.45, 2.75) is 31.8 Å². The molecule has 1 saturated carbocycles. The van der Waals surface area contributed by atoms with Crippen molar-refractivity contribution in [1.82, 2.24) is 0 Å². The monoisotopic (exact) mass is 178 g/mol. The second-order valence-electron chi connectivity index (χ2n) is 3.16. The summed E-state index contributed by atoms with van der Waals surface area (Å²) in [5.41, 5.74) is 0. The van der Waals surface area contributed by atoms with Crippen LogP contribution in [0.1, 0.15) is 25.7 Å². The minimum Gasteiger partial charge on any atom is -0.393 e. The van der Waals surface area contributed by atoms with Gasteiger partial charge in [-0.25, -0.2) is 4.21 Å². The first-order valence-electron chi connectivity index (χ1n) is 3.94. The molecule has 4 heteroatoms. The van der Waals surface area contributed by atoms with Gasteiger partial charge in [-0.05, 0) is 31.6 Å². The molecule has 2 N–H and O–H groups in total. The van der Waals surface area contributed by atoms with E-state index in [2.05, 4.69) is 0 Å². The Balaban J connectivity index is 2.22. The lowest BCUT2D eigenvalue weighted by atomic mass is 9.89. The van der Waals surface area contributed by atoms with Crippen molar-refractivity contribution in [3.8, 4) is 0 Å². The van der Waals surface area contributed by atoms with Crippen molar-refractivity contribution in [2.24, 2.45) is 5.92 Å². The molecule has 0 aromatic heterocycles. The summed E-state index contributed by atoms with van der Waals surface area (Å²) >= 11 is -1.66. The van der Waals surface area contributed by atoms with Gasteiger partial charge in [0.05, 0.1) is 11.9 Å². The van der Waals surface area contributed by atoms with Crippen LogP contribution in [0.4, 0.5) is 0 Å². The molecule has 0 aliphatic heterocycles. The number of aliphatic hydroxyl groups excluding tert-OH is 1. The maximum atomic E-state index is 10.4. The Morgan fingerprint density at radius 3 is 2.27 bits per heavy atom. The second-order valence-corrected chi connectivity index (χ2v) is 4.14. The summed E-state index contributed by atoms with van der Waals surface area (Å²) in [4.78, 5) is 0. The molecular weight excluding hydrogens is 164 g/mol. The Hall–Kier alpha value is 0.0700. The van der Waals surface area contributed by atoms with Gasteiger partial charge in [-0.3, -0.25) is 0 Å². The summed E-state index contributed by atoms with van der Waals surface area (Å²) in [5.74, 6) is 0.733. The third-order valence-electron chi connectivity index (χ3n) is 2.19. The number of aliphatic hydroxyl groups is 1. The Morgan fingerprint density at radius 1 is 1.27 bits per heavy atom. The molecule has 0 saturated heterocycles. The molecular formula is C7H14O3S. The first kappa shape index (κ1) is 9.16. The molecule has 1 rings (SSSR count). The lowest BCUT2D eigenvalue weighted by Crippen LogP contribution is -2.21. The van der Waals surface area contributed by atoms with Crippen molar-refractivity contribution < 1.29 is 13.9 Å². The third-order valence-corrected chi connectivity index (χ3v) is 2.95. The highest BCUT2D eigenvalue weighted by molar-refractivity contribution is 7.79. The van der Waals surface area contributed by atoms with Gasteiger partial charge >= 0.3 is 0 Å². The fourth-order valence-corrected chi connectivity index (χ4v) is 2.25. The van der Waals surface area contributed by atoms with Crippen LogP contribution in [0.3, 0.4) is 0 Å². The number of hydrogen-bond acceptors (Lipinski definition) is 2. The van der Waals surface area contributed by atoms with E-state index in [0.29, 0.717) is 11.7 Å². The highest BCUT2D eigenvalue weighted by Crippen LogP contribution is 2.24. The van der Waals surface area contributed by atoms with Crippen LogP contribution in [0.5, 0.6) is 0 Å². The minimum absolute atomic E-state index is 0.168. The molecule has 0 radical (unpaired) electrons. The van der Waals surface area contributed by atoms with Gasteiger partial charge < -0.3 is 9.66 Å². The molecule has 11 heavy (non-hydrogen) atoms. The van der Waals surface area contributed by atoms with Crippen LogP contribution in [0.15, 0.2) is 0 Å². The maximum Gasteiger partial charge on any atom is 0.153 e. The molecule has 0 bridgehead atoms. The summed E-state index contributed by atoms with van der Waals surface area (Å²) < 4.78 is 19.0. The Bertz CT molecular complexity index is 141. The van der Waals surface area contributed by atoms with Gasteiger partial charge in [0.25, 0.3) is 0 Å². The average molecular weight is 178 g/mol. The van der Waals surface area contributed by atoms with E-state index in [-0.39, 0.29) is 6.10 Å². The van der Waals surface area contributed by atoms with Crippen LogP contribution in [0.25, 0.3) is 0 Å². The van der Waals surface area contributed by atoms with E-state index < -0.39 is 11.1 Å². The van der Waals surface area contributed by atoms with E-state index in [1.807, 2.05) is 0 Å². The topological polar surface area (TPSA) is 57.5 Å². The number of hydrogen-bond donors (Lipinski definition) is 2. The molecule has 1 unspecified atom stereocenters. The summed E-state index contributed by atoms with van der Waals surface area (Å²) in [6.45, 7) is 0. The van der Waals surface area contributed by atoms with Crippen molar-refractivity contribution >= 4 is 11.1 Å². The highest BCUT2D eigenvalue weighted by Gasteiger charge is 2.20. The smallest absolute Gasteiger partial charge is 0.153 e. The van der Waals surface area contributed by atoms with Crippen LogP contribution in [0.2, 0.25) is 0 Å². The molecule has 0 amide bonds. The molecule has 0 aromatic carbocycles. The van der Waals surface area contributed by atoms with E-state index in [1.165, 1.54) is 0 Å². The van der Waals surface area contributed by atoms with Gasteiger partial charge in [0.1, 0.15) is 0 Å². The maximum absolute atomic E-state index is 10.4. The molecule has 1 atom stereocenters. The van der Waals surface area contributed by atoms with Gasteiger partial charge in [-0.15, -0.1) is 0 Å². The largest absolute Gasteiger partial charge is 0.393 e. The zero-order valence-corrected chi connectivity index (χ0v) is 7.22. The first-order valence-corrected chi connectivity index (χ1v) is 5.21. The molecule has 1 aliphatic carbocycles. The normalized spacial score (nSPS) is 35.1. The summed E-state index contributed by atoms with van der Waals surface area (Å²) in [7, 11) is 0. The lowest BCUT2D eigenvalue weighted by Gasteiger charge is -2.23. The van der Waals surface area contributed by atoms with Crippen LogP contribution in [-0.2, 0) is 11.1 Å². The highest BCUT2D eigenvalue weighted by atomic mass is 32.2. The standard InChI is InChI=1S/C7H14O3S/c8-7-3-1-6(2-4-7)5-11(9)10/h6-8H,1-5H2,(H,9,10). The van der Waals surface area contributed by atoms with Crippen LogP contribution < -0.4 is 0 Å². The minimum atomic E-state index is -1.66. The molecule has 0 aromatic rings. The van der Waals surface area contributed by atoms with Crippen LogP contribution >= 0.6 is 0 Å². The van der Waals surface area contributed by atoms with Gasteiger partial charge in [0.15, 0.2) is 11.1 Å². The molecule has 1 aliphatic rings. The Labute approximate surface area is 69.1 Å². The predicted octanol–water partition coefficient (Wildman–Crippen LogP) is 0.759. The fraction of sp³-hybridized carbons (Fsp3) is 1.00. The zero-order valence-electron chi connectivity index (χ0n) is 6.40. The van der Waals surface area contributed by atoms with E-state index >= 15 is 0 Å². The van der Waals surface area contributed by atoms with Crippen molar-refractivity contribution in [3.63, 3.8) is 0 Å². The van der Waals surface area contributed by atoms with Crippen molar-refractivity contribution in [1.29, 1.82) is 0 Å². The number of rotatable bonds is 2. The average Bonchev–Trinajstić information content (AvgIpc) is 1.93. The first-order chi connectivity index (χ1) is 5.18. The molecule has 1 fully saturated rings. The molecule has 0 heterocycles. The third kappa shape index (κ3) is 3.31. The lowest BCUT2D eigenvalue weighted by molar-refractivity contribution is 0.113. The van der Waals surface area contributed by atoms with E-state index in [9.17, 15) is 4.21 Å². The van der Waals surface area contributed by atoms with Crippen LogP contribution in [-0.4, -0.2) is 25.7 Å². The second kappa shape index (κ2) is 4.18. The predicted molar refractivity (Wildman–Crippen MR) is 43.6 cm³/mol. The van der Waals surface area contributed by atoms with Crippen molar-refractivity contribution in [3.05, 3.63) is 0 Å².